The van der Waals surface area contributed by atoms with E-state index in [1.54, 1.807) is 0 Å². The highest BCUT2D eigenvalue weighted by atomic mass is 16.5. The van der Waals surface area contributed by atoms with E-state index >= 15 is 0 Å². The van der Waals surface area contributed by atoms with Gasteiger partial charge in [0.2, 0.25) is 0 Å². The Balaban J connectivity index is 1.70. The van der Waals surface area contributed by atoms with E-state index in [9.17, 15) is 0 Å². The van der Waals surface area contributed by atoms with E-state index in [1.165, 1.54) is 18.4 Å². The van der Waals surface area contributed by atoms with Crippen LogP contribution in [-0.2, 0) is 11.3 Å². The van der Waals surface area contributed by atoms with Crippen molar-refractivity contribution in [2.24, 2.45) is 11.8 Å². The molecule has 0 aromatic heterocycles. The minimum absolute atomic E-state index is 0.460. The fourth-order valence-corrected chi connectivity index (χ4v) is 2.57. The Morgan fingerprint density at radius 3 is 2.78 bits per heavy atom. The van der Waals surface area contributed by atoms with Gasteiger partial charge < -0.3 is 10.1 Å². The molecule has 0 saturated carbocycles. The zero-order chi connectivity index (χ0) is 12.8. The highest BCUT2D eigenvalue weighted by Crippen LogP contribution is 2.24. The zero-order valence-corrected chi connectivity index (χ0v) is 11.6. The van der Waals surface area contributed by atoms with Crippen molar-refractivity contribution < 1.29 is 4.74 Å². The van der Waals surface area contributed by atoms with Crippen LogP contribution in [0.5, 0.6) is 0 Å². The normalized spacial score (nSPS) is 24.4. The largest absolute Gasteiger partial charge is 0.378 e. The van der Waals surface area contributed by atoms with Gasteiger partial charge in [-0.15, -0.1) is 0 Å². The molecule has 1 aromatic carbocycles. The topological polar surface area (TPSA) is 21.3 Å². The summed E-state index contributed by atoms with van der Waals surface area (Å²) in [6.07, 6.45) is 2.87. The summed E-state index contributed by atoms with van der Waals surface area (Å²) < 4.78 is 5.81. The molecule has 2 rings (SSSR count). The summed E-state index contributed by atoms with van der Waals surface area (Å²) in [5.41, 5.74) is 1.37. The molecule has 100 valence electrons. The predicted molar refractivity (Wildman–Crippen MR) is 75.5 cm³/mol. The number of ether oxygens (including phenoxy) is 1. The highest BCUT2D eigenvalue weighted by Gasteiger charge is 2.24. The first-order valence-corrected chi connectivity index (χ1v) is 7.12. The molecule has 18 heavy (non-hydrogen) atoms. The predicted octanol–water partition coefficient (Wildman–Crippen LogP) is 3.23. The summed E-state index contributed by atoms with van der Waals surface area (Å²) in [5, 5.41) is 3.58. The maximum Gasteiger partial charge on any atom is 0.0601 e. The summed E-state index contributed by atoms with van der Waals surface area (Å²) in [4.78, 5) is 0. The third-order valence-corrected chi connectivity index (χ3v) is 3.77. The second-order valence-electron chi connectivity index (χ2n) is 5.66. The van der Waals surface area contributed by atoms with Crippen LogP contribution in [0.3, 0.4) is 0 Å². The van der Waals surface area contributed by atoms with Crippen LogP contribution in [0.2, 0.25) is 0 Å². The fourth-order valence-electron chi connectivity index (χ4n) is 2.57. The van der Waals surface area contributed by atoms with Crippen LogP contribution in [0.1, 0.15) is 32.3 Å². The number of hydrogen-bond donors (Lipinski definition) is 1. The molecule has 1 aromatic rings. The van der Waals surface area contributed by atoms with Crippen molar-refractivity contribution in [3.05, 3.63) is 35.9 Å². The van der Waals surface area contributed by atoms with Crippen molar-refractivity contribution >= 4 is 0 Å². The van der Waals surface area contributed by atoms with Gasteiger partial charge in [0.1, 0.15) is 0 Å². The molecule has 1 aliphatic heterocycles. The van der Waals surface area contributed by atoms with Gasteiger partial charge in [0.05, 0.1) is 6.10 Å². The van der Waals surface area contributed by atoms with Gasteiger partial charge in [-0.3, -0.25) is 0 Å². The third-order valence-electron chi connectivity index (χ3n) is 3.77. The molecule has 0 radical (unpaired) electrons. The van der Waals surface area contributed by atoms with E-state index in [1.807, 2.05) is 0 Å². The van der Waals surface area contributed by atoms with Crippen LogP contribution in [0, 0.1) is 11.8 Å². The molecule has 2 atom stereocenters. The van der Waals surface area contributed by atoms with Gasteiger partial charge in [0, 0.05) is 13.2 Å². The van der Waals surface area contributed by atoms with Crippen LogP contribution in [0.25, 0.3) is 0 Å². The SMILES string of the molecule is CC(C)[C@@H]1C[C@H](CNCc2ccccc2)CCO1. The van der Waals surface area contributed by atoms with Crippen molar-refractivity contribution in [2.75, 3.05) is 13.2 Å². The lowest BCUT2D eigenvalue weighted by Crippen LogP contribution is -2.34. The second kappa shape index (κ2) is 6.91. The average Bonchev–Trinajstić information content (AvgIpc) is 2.40. The van der Waals surface area contributed by atoms with E-state index in [0.717, 1.165) is 25.6 Å². The first-order valence-electron chi connectivity index (χ1n) is 7.12. The van der Waals surface area contributed by atoms with E-state index in [4.69, 9.17) is 4.74 Å². The van der Waals surface area contributed by atoms with Gasteiger partial charge in [-0.25, -0.2) is 0 Å². The molecule has 1 saturated heterocycles. The minimum atomic E-state index is 0.460. The Morgan fingerprint density at radius 1 is 1.28 bits per heavy atom. The number of benzene rings is 1. The molecule has 1 aliphatic rings. The van der Waals surface area contributed by atoms with Crippen LogP contribution < -0.4 is 5.32 Å². The molecular weight excluding hydrogens is 222 g/mol. The first-order chi connectivity index (χ1) is 8.75. The monoisotopic (exact) mass is 247 g/mol. The van der Waals surface area contributed by atoms with Gasteiger partial charge in [-0.2, -0.15) is 0 Å². The maximum absolute atomic E-state index is 5.81. The average molecular weight is 247 g/mol. The van der Waals surface area contributed by atoms with Gasteiger partial charge in [0.25, 0.3) is 0 Å². The Labute approximate surface area is 111 Å². The molecule has 1 N–H and O–H groups in total. The Kier molecular flexibility index (Phi) is 5.21. The van der Waals surface area contributed by atoms with Crippen LogP contribution in [0.4, 0.5) is 0 Å². The van der Waals surface area contributed by atoms with Crippen molar-refractivity contribution in [2.45, 2.75) is 39.3 Å². The molecule has 0 aliphatic carbocycles. The quantitative estimate of drug-likeness (QED) is 0.862. The summed E-state index contributed by atoms with van der Waals surface area (Å²) in [6.45, 7) is 7.53. The van der Waals surface area contributed by atoms with Crippen molar-refractivity contribution in [1.82, 2.24) is 5.32 Å². The summed E-state index contributed by atoms with van der Waals surface area (Å²) >= 11 is 0. The van der Waals surface area contributed by atoms with Crippen molar-refractivity contribution in [3.8, 4) is 0 Å². The third kappa shape index (κ3) is 4.11. The van der Waals surface area contributed by atoms with Gasteiger partial charge >= 0.3 is 0 Å². The van der Waals surface area contributed by atoms with E-state index in [2.05, 4.69) is 49.5 Å². The van der Waals surface area contributed by atoms with Crippen LogP contribution in [-0.4, -0.2) is 19.3 Å². The molecule has 0 spiro atoms. The Hall–Kier alpha value is -0.860. The van der Waals surface area contributed by atoms with Crippen molar-refractivity contribution in [3.63, 3.8) is 0 Å². The molecule has 0 bridgehead atoms. The number of rotatable bonds is 5. The molecule has 2 heteroatoms. The summed E-state index contributed by atoms with van der Waals surface area (Å²) in [7, 11) is 0. The summed E-state index contributed by atoms with van der Waals surface area (Å²) in [5.74, 6) is 1.41. The van der Waals surface area contributed by atoms with E-state index < -0.39 is 0 Å². The van der Waals surface area contributed by atoms with Gasteiger partial charge in [0.15, 0.2) is 0 Å². The molecule has 0 amide bonds. The van der Waals surface area contributed by atoms with Gasteiger partial charge in [-0.1, -0.05) is 44.2 Å². The smallest absolute Gasteiger partial charge is 0.0601 e. The van der Waals surface area contributed by atoms with E-state index in [-0.39, 0.29) is 0 Å². The Bertz CT molecular complexity index is 336. The molecule has 1 fully saturated rings. The first kappa shape index (κ1) is 13.6. The van der Waals surface area contributed by atoms with Gasteiger partial charge in [-0.05, 0) is 36.8 Å². The minimum Gasteiger partial charge on any atom is -0.378 e. The standard InChI is InChI=1S/C16H25NO/c1-13(2)16-10-15(8-9-18-16)12-17-11-14-6-4-3-5-7-14/h3-7,13,15-17H,8-12H2,1-2H3/t15-,16+/m1/s1. The molecule has 1 heterocycles. The zero-order valence-electron chi connectivity index (χ0n) is 11.6. The van der Waals surface area contributed by atoms with E-state index in [0.29, 0.717) is 12.0 Å². The summed E-state index contributed by atoms with van der Waals surface area (Å²) in [6, 6.07) is 10.6. The second-order valence-corrected chi connectivity index (χ2v) is 5.66. The molecular formula is C16H25NO. The number of hydrogen-bond acceptors (Lipinski definition) is 2. The highest BCUT2D eigenvalue weighted by molar-refractivity contribution is 5.14. The fraction of sp³-hybridized carbons (Fsp3) is 0.625. The lowest BCUT2D eigenvalue weighted by atomic mass is 9.90. The lowest BCUT2D eigenvalue weighted by Gasteiger charge is -2.32. The number of nitrogens with one attached hydrogen (secondary N) is 1. The van der Waals surface area contributed by atoms with Crippen molar-refractivity contribution in [1.29, 1.82) is 0 Å². The Morgan fingerprint density at radius 2 is 2.06 bits per heavy atom. The maximum atomic E-state index is 5.81. The van der Waals surface area contributed by atoms with Crippen LogP contribution in [0.15, 0.2) is 30.3 Å². The lowest BCUT2D eigenvalue weighted by molar-refractivity contribution is -0.0336. The van der Waals surface area contributed by atoms with Crippen LogP contribution >= 0.6 is 0 Å². The molecule has 2 nitrogen and oxygen atoms in total. The molecule has 0 unspecified atom stereocenters.